The zero-order valence-corrected chi connectivity index (χ0v) is 20.4. The second-order valence-corrected chi connectivity index (χ2v) is 10.1. The minimum atomic E-state index is -3.78. The molecule has 2 aromatic rings. The van der Waals surface area contributed by atoms with Crippen LogP contribution < -0.4 is 9.62 Å². The van der Waals surface area contributed by atoms with E-state index in [1.54, 1.807) is 25.1 Å². The Hall–Kier alpha value is -2.58. The van der Waals surface area contributed by atoms with Crippen LogP contribution in [0.25, 0.3) is 0 Å². The molecule has 0 spiro atoms. The Morgan fingerprint density at radius 2 is 1.81 bits per heavy atom. The van der Waals surface area contributed by atoms with Crippen LogP contribution >= 0.6 is 11.6 Å². The number of rotatable bonds is 10. The van der Waals surface area contributed by atoms with Crippen LogP contribution in [0.4, 0.5) is 5.69 Å². The van der Waals surface area contributed by atoms with E-state index < -0.39 is 28.5 Å². The fourth-order valence-electron chi connectivity index (χ4n) is 3.23. The number of amides is 2. The van der Waals surface area contributed by atoms with E-state index in [9.17, 15) is 18.0 Å². The first-order chi connectivity index (χ1) is 15.0. The van der Waals surface area contributed by atoms with Crippen molar-refractivity contribution in [1.29, 1.82) is 0 Å². The van der Waals surface area contributed by atoms with Crippen LogP contribution in [0, 0.1) is 6.92 Å². The summed E-state index contributed by atoms with van der Waals surface area (Å²) in [6.07, 6.45) is 1.80. The quantitative estimate of drug-likeness (QED) is 0.566. The highest BCUT2D eigenvalue weighted by Crippen LogP contribution is 2.22. The molecule has 0 aliphatic heterocycles. The molecule has 2 rings (SSSR count). The van der Waals surface area contributed by atoms with Crippen LogP contribution in [-0.4, -0.2) is 50.5 Å². The maximum Gasteiger partial charge on any atom is 0.244 e. The summed E-state index contributed by atoms with van der Waals surface area (Å²) in [6, 6.07) is 13.1. The number of nitrogens with zero attached hydrogens (tertiary/aromatic N) is 2. The zero-order valence-electron chi connectivity index (χ0n) is 18.8. The summed E-state index contributed by atoms with van der Waals surface area (Å²) in [5.74, 6) is -0.780. The molecule has 1 N–H and O–H groups in total. The second-order valence-electron chi connectivity index (χ2n) is 7.73. The molecule has 7 nitrogen and oxygen atoms in total. The van der Waals surface area contributed by atoms with E-state index in [2.05, 4.69) is 5.32 Å². The predicted molar refractivity (Wildman–Crippen MR) is 128 cm³/mol. The first-order valence-corrected chi connectivity index (χ1v) is 12.6. The number of carbonyl (C=O) groups excluding carboxylic acids is 2. The van der Waals surface area contributed by atoms with Crippen molar-refractivity contribution in [3.05, 3.63) is 64.7 Å². The van der Waals surface area contributed by atoms with E-state index in [4.69, 9.17) is 11.6 Å². The minimum Gasteiger partial charge on any atom is -0.354 e. The van der Waals surface area contributed by atoms with Crippen LogP contribution in [-0.2, 0) is 26.2 Å². The Labute approximate surface area is 195 Å². The number of nitrogens with one attached hydrogen (secondary N) is 1. The van der Waals surface area contributed by atoms with Gasteiger partial charge in [0.05, 0.1) is 11.9 Å². The average molecular weight is 480 g/mol. The molecule has 2 amide bonds. The number of anilines is 1. The fraction of sp³-hybridized carbons (Fsp3) is 0.391. The number of aryl methyl sites for hydroxylation is 1. The third-order valence-electron chi connectivity index (χ3n) is 4.93. The molecule has 0 fully saturated rings. The van der Waals surface area contributed by atoms with Gasteiger partial charge in [0.25, 0.3) is 0 Å². The van der Waals surface area contributed by atoms with Gasteiger partial charge in [-0.2, -0.15) is 0 Å². The maximum absolute atomic E-state index is 13.4. The minimum absolute atomic E-state index is 0.175. The molecular weight excluding hydrogens is 450 g/mol. The molecule has 174 valence electrons. The molecule has 9 heteroatoms. The third-order valence-corrected chi connectivity index (χ3v) is 6.30. The Morgan fingerprint density at radius 1 is 1.12 bits per heavy atom. The zero-order chi connectivity index (χ0) is 23.9. The lowest BCUT2D eigenvalue weighted by molar-refractivity contribution is -0.139. The summed E-state index contributed by atoms with van der Waals surface area (Å²) in [7, 11) is -3.78. The van der Waals surface area contributed by atoms with Gasteiger partial charge in [0, 0.05) is 18.1 Å². The largest absolute Gasteiger partial charge is 0.354 e. The molecule has 0 saturated heterocycles. The van der Waals surface area contributed by atoms with Gasteiger partial charge in [-0.15, -0.1) is 0 Å². The van der Waals surface area contributed by atoms with Crippen LogP contribution in [0.5, 0.6) is 0 Å². The summed E-state index contributed by atoms with van der Waals surface area (Å²) >= 11 is 6.03. The molecule has 0 unspecified atom stereocenters. The fourth-order valence-corrected chi connectivity index (χ4v) is 4.26. The number of halogens is 1. The van der Waals surface area contributed by atoms with E-state index in [0.29, 0.717) is 11.6 Å². The van der Waals surface area contributed by atoms with Crippen molar-refractivity contribution >= 4 is 39.1 Å². The summed E-state index contributed by atoms with van der Waals surface area (Å²) in [4.78, 5) is 27.4. The molecule has 0 aliphatic carbocycles. The van der Waals surface area contributed by atoms with Crippen molar-refractivity contribution in [3.63, 3.8) is 0 Å². The topological polar surface area (TPSA) is 86.8 Å². The van der Waals surface area contributed by atoms with Crippen LogP contribution in [0.3, 0.4) is 0 Å². The Balaban J connectivity index is 2.37. The number of hydrogen-bond donors (Lipinski definition) is 1. The first-order valence-electron chi connectivity index (χ1n) is 10.4. The standard InChI is InChI=1S/C23H30ClN3O4S/c1-5-12-25-23(29)18(3)26(15-19-9-6-8-17(2)13-19)22(28)16-27(32(4,30)31)21-11-7-10-20(24)14-21/h6-11,13-14,18H,5,12,15-16H2,1-4H3,(H,25,29)/t18-/m1/s1. The number of carbonyl (C=O) groups is 2. The Bertz CT molecular complexity index is 1060. The monoisotopic (exact) mass is 479 g/mol. The lowest BCUT2D eigenvalue weighted by atomic mass is 10.1. The number of hydrogen-bond acceptors (Lipinski definition) is 4. The number of sulfonamides is 1. The summed E-state index contributed by atoms with van der Waals surface area (Å²) in [5, 5.41) is 3.16. The van der Waals surface area contributed by atoms with Crippen molar-refractivity contribution in [2.45, 2.75) is 39.8 Å². The van der Waals surface area contributed by atoms with E-state index in [1.165, 1.54) is 11.0 Å². The van der Waals surface area contributed by atoms with Gasteiger partial charge in [0.2, 0.25) is 21.8 Å². The molecule has 0 saturated carbocycles. The summed E-state index contributed by atoms with van der Waals surface area (Å²) < 4.78 is 26.0. The van der Waals surface area contributed by atoms with Gasteiger partial charge in [-0.25, -0.2) is 8.42 Å². The first kappa shape index (κ1) is 25.7. The van der Waals surface area contributed by atoms with E-state index in [0.717, 1.165) is 28.1 Å². The van der Waals surface area contributed by atoms with Gasteiger partial charge in [-0.3, -0.25) is 13.9 Å². The molecular formula is C23H30ClN3O4S. The average Bonchev–Trinajstić information content (AvgIpc) is 2.72. The predicted octanol–water partition coefficient (Wildman–Crippen LogP) is 3.36. The molecule has 0 aromatic heterocycles. The summed E-state index contributed by atoms with van der Waals surface area (Å²) in [5.41, 5.74) is 2.16. The molecule has 1 atom stereocenters. The van der Waals surface area contributed by atoms with Gasteiger partial charge in [0.1, 0.15) is 12.6 Å². The molecule has 0 radical (unpaired) electrons. The van der Waals surface area contributed by atoms with Gasteiger partial charge < -0.3 is 10.2 Å². The lowest BCUT2D eigenvalue weighted by Gasteiger charge is -2.31. The molecule has 32 heavy (non-hydrogen) atoms. The Morgan fingerprint density at radius 3 is 2.41 bits per heavy atom. The van der Waals surface area contributed by atoms with Gasteiger partial charge in [0.15, 0.2) is 0 Å². The molecule has 0 bridgehead atoms. The normalized spacial score (nSPS) is 12.2. The smallest absolute Gasteiger partial charge is 0.244 e. The van der Waals surface area contributed by atoms with E-state index >= 15 is 0 Å². The maximum atomic E-state index is 13.4. The number of benzene rings is 2. The molecule has 2 aromatic carbocycles. The molecule has 0 aliphatic rings. The second kappa shape index (κ2) is 11.3. The highest BCUT2D eigenvalue weighted by Gasteiger charge is 2.30. The van der Waals surface area contributed by atoms with Gasteiger partial charge in [-0.1, -0.05) is 54.4 Å². The Kier molecular flexibility index (Phi) is 9.09. The highest BCUT2D eigenvalue weighted by molar-refractivity contribution is 7.92. The van der Waals surface area contributed by atoms with E-state index in [1.807, 2.05) is 38.1 Å². The van der Waals surface area contributed by atoms with Crippen molar-refractivity contribution < 1.29 is 18.0 Å². The summed E-state index contributed by atoms with van der Waals surface area (Å²) in [6.45, 7) is 5.74. The molecule has 0 heterocycles. The van der Waals surface area contributed by atoms with Gasteiger partial charge in [-0.05, 0) is 44.0 Å². The van der Waals surface area contributed by atoms with Crippen molar-refractivity contribution in [1.82, 2.24) is 10.2 Å². The van der Waals surface area contributed by atoms with Crippen molar-refractivity contribution in [2.24, 2.45) is 0 Å². The van der Waals surface area contributed by atoms with Gasteiger partial charge >= 0.3 is 0 Å². The van der Waals surface area contributed by atoms with Crippen molar-refractivity contribution in [3.8, 4) is 0 Å². The third kappa shape index (κ3) is 7.24. The van der Waals surface area contributed by atoms with Crippen LogP contribution in [0.15, 0.2) is 48.5 Å². The van der Waals surface area contributed by atoms with Crippen LogP contribution in [0.2, 0.25) is 5.02 Å². The van der Waals surface area contributed by atoms with E-state index in [-0.39, 0.29) is 18.1 Å². The SMILES string of the molecule is CCCNC(=O)[C@@H](C)N(Cc1cccc(C)c1)C(=O)CN(c1cccc(Cl)c1)S(C)(=O)=O. The van der Waals surface area contributed by atoms with Crippen molar-refractivity contribution in [2.75, 3.05) is 23.7 Å². The van der Waals surface area contributed by atoms with Crippen LogP contribution in [0.1, 0.15) is 31.4 Å². The lowest BCUT2D eigenvalue weighted by Crippen LogP contribution is -2.51. The highest BCUT2D eigenvalue weighted by atomic mass is 35.5.